The minimum Gasteiger partial charge on any atom is -0.207 e. The Hall–Kier alpha value is -2.45. The van der Waals surface area contributed by atoms with Crippen molar-refractivity contribution in [3.05, 3.63) is 103 Å². The maximum Gasteiger partial charge on any atom is 0.416 e. The average molecular weight is 687 g/mol. The molecule has 0 saturated heterocycles. The zero-order valence-electron chi connectivity index (χ0n) is 26.3. The second-order valence-electron chi connectivity index (χ2n) is 14.4. The van der Waals surface area contributed by atoms with Gasteiger partial charge in [-0.15, -0.1) is 34.0 Å². The fourth-order valence-corrected chi connectivity index (χ4v) is 9.89. The Morgan fingerprint density at radius 3 is 1.76 bits per heavy atom. The molecule has 0 N–H and O–H groups in total. The van der Waals surface area contributed by atoms with Crippen LogP contribution in [0.1, 0.15) is 79.8 Å². The largest absolute Gasteiger partial charge is 0.416 e. The number of thiophene rings is 3. The van der Waals surface area contributed by atoms with E-state index in [-0.39, 0.29) is 22.1 Å². The molecule has 3 heterocycles. The number of alkyl halides is 3. The molecule has 0 fully saturated rings. The van der Waals surface area contributed by atoms with Gasteiger partial charge in [-0.1, -0.05) is 78.3 Å². The van der Waals surface area contributed by atoms with Crippen molar-refractivity contribution in [1.82, 2.24) is 0 Å². The molecule has 0 aliphatic rings. The third-order valence-electron chi connectivity index (χ3n) is 8.58. The van der Waals surface area contributed by atoms with Crippen molar-refractivity contribution in [2.45, 2.75) is 83.7 Å². The first kappa shape index (κ1) is 32.5. The summed E-state index contributed by atoms with van der Waals surface area (Å²) in [6, 6.07) is 17.6. The highest BCUT2D eigenvalue weighted by molar-refractivity contribution is 7.20. The predicted molar refractivity (Wildman–Crippen MR) is 188 cm³/mol. The number of rotatable bonds is 6. The van der Waals surface area contributed by atoms with Crippen LogP contribution in [0.15, 0.2) is 60.7 Å². The van der Waals surface area contributed by atoms with Crippen LogP contribution in [-0.2, 0) is 35.3 Å². The molecule has 3 aromatic heterocycles. The van der Waals surface area contributed by atoms with E-state index in [1.165, 1.54) is 38.8 Å². The molecule has 45 heavy (non-hydrogen) atoms. The molecule has 0 nitrogen and oxygen atoms in total. The van der Waals surface area contributed by atoms with Gasteiger partial charge in [-0.2, -0.15) is 13.2 Å². The van der Waals surface area contributed by atoms with Crippen LogP contribution in [0.25, 0.3) is 30.3 Å². The van der Waals surface area contributed by atoms with Crippen molar-refractivity contribution in [2.75, 3.05) is 0 Å². The lowest BCUT2D eigenvalue weighted by atomic mass is 9.80. The highest BCUT2D eigenvalue weighted by atomic mass is 35.5. The molecule has 8 heteroatoms. The fourth-order valence-electron chi connectivity index (χ4n) is 5.94. The van der Waals surface area contributed by atoms with Gasteiger partial charge in [0, 0.05) is 34.9 Å². The minimum absolute atomic E-state index is 0.0484. The minimum atomic E-state index is -4.37. The van der Waals surface area contributed by atoms with Crippen molar-refractivity contribution in [3.8, 4) is 0 Å². The van der Waals surface area contributed by atoms with E-state index in [1.807, 2.05) is 12.1 Å². The molecular weight excluding hydrogens is 652 g/mol. The fraction of sp³-hybridized carbons (Fsp3) is 0.351. The summed E-state index contributed by atoms with van der Waals surface area (Å²) in [7, 11) is 0. The van der Waals surface area contributed by atoms with Crippen molar-refractivity contribution < 1.29 is 17.6 Å². The number of fused-ring (bicyclic) bond motifs is 3. The maximum atomic E-state index is 13.9. The standard InChI is InChI=1S/C37H35ClF4S3/c1-34(2,3)29-17-26-22(18-35(4,5)30-13-20-8-10-24(37(40,41)42)15-27(20)43-30)12-23(32(38)33(26)45-29)19-36(6,7)31-14-21-9-11-25(39)16-28(21)44-31/h8-17H,18-19H2,1-7H3. The van der Waals surface area contributed by atoms with Gasteiger partial charge in [-0.25, -0.2) is 4.39 Å². The van der Waals surface area contributed by atoms with Crippen molar-refractivity contribution in [1.29, 1.82) is 0 Å². The average Bonchev–Trinajstić information content (AvgIpc) is 3.66. The smallest absolute Gasteiger partial charge is 0.207 e. The Morgan fingerprint density at radius 1 is 0.622 bits per heavy atom. The van der Waals surface area contributed by atoms with Crippen molar-refractivity contribution in [2.24, 2.45) is 0 Å². The van der Waals surface area contributed by atoms with Gasteiger partial charge in [0.2, 0.25) is 0 Å². The number of halogens is 5. The van der Waals surface area contributed by atoms with Crippen LogP contribution in [0.4, 0.5) is 17.6 Å². The molecule has 0 radical (unpaired) electrons. The Labute approximate surface area is 278 Å². The van der Waals surface area contributed by atoms with Gasteiger partial charge in [-0.3, -0.25) is 0 Å². The molecule has 0 spiro atoms. The van der Waals surface area contributed by atoms with Crippen LogP contribution in [0.3, 0.4) is 0 Å². The van der Waals surface area contributed by atoms with E-state index in [4.69, 9.17) is 11.6 Å². The summed E-state index contributed by atoms with van der Waals surface area (Å²) in [6.07, 6.45) is -2.96. The van der Waals surface area contributed by atoms with Gasteiger partial charge in [0.25, 0.3) is 0 Å². The molecule has 0 saturated carbocycles. The quantitative estimate of drug-likeness (QED) is 0.153. The second-order valence-corrected chi connectivity index (χ2v) is 18.0. The molecule has 0 aliphatic heterocycles. The van der Waals surface area contributed by atoms with E-state index in [9.17, 15) is 17.6 Å². The monoisotopic (exact) mass is 686 g/mol. The van der Waals surface area contributed by atoms with Gasteiger partial charge < -0.3 is 0 Å². The molecule has 6 aromatic rings. The first-order valence-corrected chi connectivity index (χ1v) is 17.7. The first-order chi connectivity index (χ1) is 20.8. The van der Waals surface area contributed by atoms with Crippen LogP contribution in [0.5, 0.6) is 0 Å². The van der Waals surface area contributed by atoms with Crippen LogP contribution in [0, 0.1) is 5.82 Å². The molecular formula is C37H35ClF4S3. The molecule has 0 atom stereocenters. The molecule has 3 aromatic carbocycles. The summed E-state index contributed by atoms with van der Waals surface area (Å²) in [6.45, 7) is 15.4. The lowest BCUT2D eigenvalue weighted by Crippen LogP contribution is -2.21. The summed E-state index contributed by atoms with van der Waals surface area (Å²) in [5.41, 5.74) is 0.990. The Balaban J connectivity index is 1.43. The Bertz CT molecular complexity index is 2070. The lowest BCUT2D eigenvalue weighted by Gasteiger charge is -2.27. The van der Waals surface area contributed by atoms with Gasteiger partial charge >= 0.3 is 6.18 Å². The number of hydrogen-bond acceptors (Lipinski definition) is 3. The molecule has 0 unspecified atom stereocenters. The number of hydrogen-bond donors (Lipinski definition) is 0. The zero-order chi connectivity index (χ0) is 32.7. The van der Waals surface area contributed by atoms with Gasteiger partial charge in [-0.05, 0) is 88.0 Å². The summed E-state index contributed by atoms with van der Waals surface area (Å²) < 4.78 is 56.9. The SMILES string of the molecule is CC(C)(C)c1cc2c(CC(C)(C)c3cc4ccc(C(F)(F)F)cc4s3)cc(CC(C)(C)c3cc4ccc(F)cc4s3)c(Cl)c2s1. The summed E-state index contributed by atoms with van der Waals surface area (Å²) in [5.74, 6) is -0.235. The van der Waals surface area contributed by atoms with Gasteiger partial charge in [0.15, 0.2) is 0 Å². The first-order valence-electron chi connectivity index (χ1n) is 14.9. The van der Waals surface area contributed by atoms with E-state index in [1.54, 1.807) is 34.8 Å². The third kappa shape index (κ3) is 6.30. The maximum absolute atomic E-state index is 13.9. The van der Waals surface area contributed by atoms with E-state index in [2.05, 4.69) is 66.7 Å². The summed E-state index contributed by atoms with van der Waals surface area (Å²) in [4.78, 5) is 3.47. The molecule has 0 amide bonds. The van der Waals surface area contributed by atoms with Gasteiger partial charge in [0.1, 0.15) is 5.82 Å². The van der Waals surface area contributed by atoms with E-state index in [0.717, 1.165) is 47.1 Å². The van der Waals surface area contributed by atoms with Crippen LogP contribution < -0.4 is 0 Å². The predicted octanol–water partition coefficient (Wildman–Crippen LogP) is 13.5. The second kappa shape index (κ2) is 11.1. The Kier molecular flexibility index (Phi) is 7.99. The van der Waals surface area contributed by atoms with Gasteiger partial charge in [0.05, 0.1) is 15.3 Å². The topological polar surface area (TPSA) is 0 Å². The zero-order valence-corrected chi connectivity index (χ0v) is 29.5. The Morgan fingerprint density at radius 2 is 1.18 bits per heavy atom. The van der Waals surface area contributed by atoms with Crippen LogP contribution in [0.2, 0.25) is 5.02 Å². The molecule has 0 aliphatic carbocycles. The van der Waals surface area contributed by atoms with Crippen LogP contribution >= 0.6 is 45.6 Å². The van der Waals surface area contributed by atoms with Crippen molar-refractivity contribution in [3.63, 3.8) is 0 Å². The van der Waals surface area contributed by atoms with Crippen LogP contribution in [-0.4, -0.2) is 0 Å². The lowest BCUT2D eigenvalue weighted by molar-refractivity contribution is -0.137. The summed E-state index contributed by atoms with van der Waals surface area (Å²) in [5, 5.41) is 3.77. The molecule has 6 rings (SSSR count). The molecule has 236 valence electrons. The highest BCUT2D eigenvalue weighted by Gasteiger charge is 2.32. The van der Waals surface area contributed by atoms with Crippen molar-refractivity contribution >= 4 is 75.9 Å². The van der Waals surface area contributed by atoms with E-state index >= 15 is 0 Å². The summed E-state index contributed by atoms with van der Waals surface area (Å²) >= 11 is 12.0. The normalized spacial score (nSPS) is 13.5. The van der Waals surface area contributed by atoms with E-state index in [0.29, 0.717) is 17.5 Å². The third-order valence-corrected chi connectivity index (χ3v) is 13.6. The van der Waals surface area contributed by atoms with E-state index < -0.39 is 11.7 Å². The number of benzene rings is 3. The highest BCUT2D eigenvalue weighted by Crippen LogP contribution is 2.46. The molecule has 0 bridgehead atoms.